The topological polar surface area (TPSA) is 49.9 Å². The van der Waals surface area contributed by atoms with Crippen LogP contribution < -0.4 is 5.32 Å². The number of ether oxygens (including phenoxy) is 1. The summed E-state index contributed by atoms with van der Waals surface area (Å²) >= 11 is 7.80. The maximum Gasteiger partial charge on any atom is 0.116 e. The highest BCUT2D eigenvalue weighted by atomic mass is 35.5. The van der Waals surface area contributed by atoms with Gasteiger partial charge in [-0.1, -0.05) is 23.7 Å². The van der Waals surface area contributed by atoms with E-state index in [1.165, 1.54) is 0 Å². The van der Waals surface area contributed by atoms with Crippen molar-refractivity contribution in [2.45, 2.75) is 17.2 Å². The Bertz CT molecular complexity index is 533. The van der Waals surface area contributed by atoms with Crippen LogP contribution in [0.3, 0.4) is 0 Å². The van der Waals surface area contributed by atoms with E-state index >= 15 is 0 Å². The van der Waals surface area contributed by atoms with Gasteiger partial charge >= 0.3 is 0 Å². The first-order chi connectivity index (χ1) is 9.79. The molecule has 0 aliphatic rings. The molecule has 0 unspecified atom stereocenters. The van der Waals surface area contributed by atoms with Crippen LogP contribution in [0.1, 0.15) is 11.5 Å². The molecule has 0 spiro atoms. The first kappa shape index (κ1) is 15.4. The van der Waals surface area contributed by atoms with E-state index in [0.717, 1.165) is 40.3 Å². The number of aromatic nitrogens is 2. The molecular formula is C14H18ClN3OS. The van der Waals surface area contributed by atoms with E-state index in [1.807, 2.05) is 30.5 Å². The zero-order valence-corrected chi connectivity index (χ0v) is 12.9. The van der Waals surface area contributed by atoms with Crippen LogP contribution in [0.15, 0.2) is 35.4 Å². The summed E-state index contributed by atoms with van der Waals surface area (Å²) in [5.74, 6) is 1.74. The van der Waals surface area contributed by atoms with E-state index < -0.39 is 0 Å². The SMILES string of the molecule is COCCNCc1cnc(CSc2ccccc2Cl)[nH]1. The van der Waals surface area contributed by atoms with Crippen molar-refractivity contribution in [3.05, 3.63) is 47.0 Å². The summed E-state index contributed by atoms with van der Waals surface area (Å²) in [6.07, 6.45) is 1.86. The van der Waals surface area contributed by atoms with Crippen LogP contribution in [0.4, 0.5) is 0 Å². The van der Waals surface area contributed by atoms with Crippen LogP contribution in [0.5, 0.6) is 0 Å². The predicted molar refractivity (Wildman–Crippen MR) is 83.2 cm³/mol. The molecule has 0 fully saturated rings. The molecule has 2 N–H and O–H groups in total. The molecule has 0 saturated heterocycles. The fourth-order valence-corrected chi connectivity index (χ4v) is 2.79. The third kappa shape index (κ3) is 4.83. The Morgan fingerprint density at radius 2 is 2.25 bits per heavy atom. The number of rotatable bonds is 8. The lowest BCUT2D eigenvalue weighted by atomic mass is 10.4. The summed E-state index contributed by atoms with van der Waals surface area (Å²) in [7, 11) is 1.70. The molecule has 0 saturated carbocycles. The molecule has 6 heteroatoms. The van der Waals surface area contributed by atoms with Gasteiger partial charge in [-0.25, -0.2) is 4.98 Å². The van der Waals surface area contributed by atoms with Gasteiger partial charge in [0.1, 0.15) is 5.82 Å². The smallest absolute Gasteiger partial charge is 0.116 e. The summed E-state index contributed by atoms with van der Waals surface area (Å²) in [5, 5.41) is 4.06. The van der Waals surface area contributed by atoms with Crippen LogP contribution >= 0.6 is 23.4 Å². The average Bonchev–Trinajstić information content (AvgIpc) is 2.91. The summed E-state index contributed by atoms with van der Waals surface area (Å²) in [5.41, 5.74) is 1.08. The fourth-order valence-electron chi connectivity index (χ4n) is 1.67. The monoisotopic (exact) mass is 311 g/mol. The number of benzene rings is 1. The number of H-pyrrole nitrogens is 1. The maximum absolute atomic E-state index is 6.12. The van der Waals surface area contributed by atoms with Gasteiger partial charge in [-0.3, -0.25) is 0 Å². The van der Waals surface area contributed by atoms with Gasteiger partial charge in [0, 0.05) is 37.0 Å². The number of hydrogen-bond acceptors (Lipinski definition) is 4. The van der Waals surface area contributed by atoms with Gasteiger partial charge in [-0.2, -0.15) is 0 Å². The number of methoxy groups -OCH3 is 1. The Morgan fingerprint density at radius 1 is 1.40 bits per heavy atom. The zero-order chi connectivity index (χ0) is 14.2. The van der Waals surface area contributed by atoms with Crippen molar-refractivity contribution < 1.29 is 4.74 Å². The fraction of sp³-hybridized carbons (Fsp3) is 0.357. The van der Waals surface area contributed by atoms with E-state index in [2.05, 4.69) is 15.3 Å². The first-order valence-corrected chi connectivity index (χ1v) is 7.75. The lowest BCUT2D eigenvalue weighted by Crippen LogP contribution is -2.18. The molecule has 0 aliphatic heterocycles. The molecule has 1 heterocycles. The molecule has 0 radical (unpaired) electrons. The molecule has 0 aliphatic carbocycles. The van der Waals surface area contributed by atoms with E-state index in [4.69, 9.17) is 16.3 Å². The predicted octanol–water partition coefficient (Wildman–Crippen LogP) is 3.09. The van der Waals surface area contributed by atoms with Crippen LogP contribution in [0.2, 0.25) is 5.02 Å². The van der Waals surface area contributed by atoms with Gasteiger partial charge < -0.3 is 15.0 Å². The Balaban J connectivity index is 1.79. The third-order valence-electron chi connectivity index (χ3n) is 2.68. The number of hydrogen-bond donors (Lipinski definition) is 2. The molecule has 108 valence electrons. The lowest BCUT2D eigenvalue weighted by molar-refractivity contribution is 0.199. The quantitative estimate of drug-likeness (QED) is 0.581. The number of nitrogens with one attached hydrogen (secondary N) is 2. The second-order valence-electron chi connectivity index (χ2n) is 4.24. The third-order valence-corrected chi connectivity index (χ3v) is 4.21. The summed E-state index contributed by atoms with van der Waals surface area (Å²) in [4.78, 5) is 8.74. The normalized spacial score (nSPS) is 10.9. The number of nitrogens with zero attached hydrogens (tertiary/aromatic N) is 1. The molecule has 0 atom stereocenters. The second kappa shape index (κ2) is 8.32. The van der Waals surface area contributed by atoms with Gasteiger partial charge in [0.2, 0.25) is 0 Å². The number of aromatic amines is 1. The summed E-state index contributed by atoms with van der Waals surface area (Å²) in [6, 6.07) is 7.84. The minimum Gasteiger partial charge on any atom is -0.383 e. The second-order valence-corrected chi connectivity index (χ2v) is 5.67. The van der Waals surface area contributed by atoms with Crippen LogP contribution in [0.25, 0.3) is 0 Å². The average molecular weight is 312 g/mol. The maximum atomic E-state index is 6.12. The molecule has 1 aromatic heterocycles. The zero-order valence-electron chi connectivity index (χ0n) is 11.4. The highest BCUT2D eigenvalue weighted by molar-refractivity contribution is 7.98. The number of thioether (sulfide) groups is 1. The van der Waals surface area contributed by atoms with Gasteiger partial charge in [-0.15, -0.1) is 11.8 Å². The summed E-state index contributed by atoms with van der Waals surface area (Å²) < 4.78 is 4.98. The van der Waals surface area contributed by atoms with E-state index in [9.17, 15) is 0 Å². The minimum absolute atomic E-state index is 0.712. The molecule has 0 amide bonds. The largest absolute Gasteiger partial charge is 0.383 e. The van der Waals surface area contributed by atoms with Gasteiger partial charge in [-0.05, 0) is 12.1 Å². The highest BCUT2D eigenvalue weighted by Crippen LogP contribution is 2.28. The van der Waals surface area contributed by atoms with Gasteiger partial charge in [0.25, 0.3) is 0 Å². The van der Waals surface area contributed by atoms with E-state index in [-0.39, 0.29) is 0 Å². The van der Waals surface area contributed by atoms with Crippen molar-refractivity contribution in [1.29, 1.82) is 0 Å². The molecule has 0 bridgehead atoms. The van der Waals surface area contributed by atoms with Crippen molar-refractivity contribution in [3.8, 4) is 0 Å². The van der Waals surface area contributed by atoms with Crippen molar-refractivity contribution >= 4 is 23.4 Å². The van der Waals surface area contributed by atoms with Gasteiger partial charge in [0.05, 0.1) is 17.4 Å². The minimum atomic E-state index is 0.712. The molecular weight excluding hydrogens is 294 g/mol. The van der Waals surface area contributed by atoms with E-state index in [1.54, 1.807) is 18.9 Å². The van der Waals surface area contributed by atoms with Crippen molar-refractivity contribution in [2.24, 2.45) is 0 Å². The van der Waals surface area contributed by atoms with Crippen LogP contribution in [-0.2, 0) is 17.0 Å². The molecule has 1 aromatic carbocycles. The molecule has 20 heavy (non-hydrogen) atoms. The Morgan fingerprint density at radius 3 is 3.05 bits per heavy atom. The van der Waals surface area contributed by atoms with E-state index in [0.29, 0.717) is 6.61 Å². The number of imidazole rings is 1. The first-order valence-electron chi connectivity index (χ1n) is 6.39. The standard InChI is InChI=1S/C14H18ClN3OS/c1-19-7-6-16-8-11-9-17-14(18-11)10-20-13-5-3-2-4-12(13)15/h2-5,9,16H,6-8,10H2,1H3,(H,17,18). The van der Waals surface area contributed by atoms with Crippen molar-refractivity contribution in [2.75, 3.05) is 20.3 Å². The summed E-state index contributed by atoms with van der Waals surface area (Å²) in [6.45, 7) is 2.32. The van der Waals surface area contributed by atoms with Crippen LogP contribution in [-0.4, -0.2) is 30.2 Å². The van der Waals surface area contributed by atoms with Crippen molar-refractivity contribution in [3.63, 3.8) is 0 Å². The Kier molecular flexibility index (Phi) is 6.39. The Labute approximate surface area is 128 Å². The van der Waals surface area contributed by atoms with Crippen molar-refractivity contribution in [1.82, 2.24) is 15.3 Å². The van der Waals surface area contributed by atoms with Crippen LogP contribution in [0, 0.1) is 0 Å². The Hall–Kier alpha value is -1.01. The van der Waals surface area contributed by atoms with Gasteiger partial charge in [0.15, 0.2) is 0 Å². The molecule has 2 rings (SSSR count). The molecule has 2 aromatic rings. The lowest BCUT2D eigenvalue weighted by Gasteiger charge is -2.02. The highest BCUT2D eigenvalue weighted by Gasteiger charge is 2.04. The number of halogens is 1. The molecule has 4 nitrogen and oxygen atoms in total.